The number of ether oxygens (including phenoxy) is 1. The summed E-state index contributed by atoms with van der Waals surface area (Å²) >= 11 is 5.27. The Bertz CT molecular complexity index is 925. The highest BCUT2D eigenvalue weighted by molar-refractivity contribution is 9.10. The Labute approximate surface area is 178 Å². The maximum Gasteiger partial charge on any atom is 0.196 e. The molecule has 1 fully saturated rings. The molecule has 1 aliphatic rings. The zero-order valence-electron chi connectivity index (χ0n) is 15.8. The van der Waals surface area contributed by atoms with E-state index in [1.807, 2.05) is 12.1 Å². The standard InChI is InChI=1S/C21H23BrN4OS/c1-27-19-10-9-16(13-18(19)22)15-28-21-24-23-20(14-25-11-5-6-12-25)26(21)17-7-3-2-4-8-17/h2-4,7-10,13H,5-6,11-12,14-15H2,1H3. The first kappa shape index (κ1) is 19.5. The van der Waals surface area contributed by atoms with Gasteiger partial charge in [0.2, 0.25) is 0 Å². The summed E-state index contributed by atoms with van der Waals surface area (Å²) in [6, 6.07) is 16.6. The summed E-state index contributed by atoms with van der Waals surface area (Å²) in [4.78, 5) is 2.46. The third-order valence-electron chi connectivity index (χ3n) is 4.86. The molecular formula is C21H23BrN4OS. The van der Waals surface area contributed by atoms with Gasteiger partial charge in [-0.15, -0.1) is 10.2 Å². The van der Waals surface area contributed by atoms with Crippen LogP contribution in [0.1, 0.15) is 24.2 Å². The van der Waals surface area contributed by atoms with E-state index < -0.39 is 0 Å². The van der Waals surface area contributed by atoms with Crippen molar-refractivity contribution in [1.29, 1.82) is 0 Å². The van der Waals surface area contributed by atoms with Gasteiger partial charge in [0.25, 0.3) is 0 Å². The van der Waals surface area contributed by atoms with Crippen LogP contribution in [0.15, 0.2) is 58.2 Å². The molecule has 0 amide bonds. The number of benzene rings is 2. The summed E-state index contributed by atoms with van der Waals surface area (Å²) in [6.07, 6.45) is 2.54. The highest BCUT2D eigenvalue weighted by Gasteiger charge is 2.19. The lowest BCUT2D eigenvalue weighted by Gasteiger charge is -2.16. The van der Waals surface area contributed by atoms with Gasteiger partial charge in [-0.25, -0.2) is 0 Å². The maximum atomic E-state index is 5.32. The van der Waals surface area contributed by atoms with E-state index in [0.29, 0.717) is 0 Å². The third kappa shape index (κ3) is 4.42. The average Bonchev–Trinajstić information content (AvgIpc) is 3.37. The van der Waals surface area contributed by atoms with Gasteiger partial charge in [-0.2, -0.15) is 0 Å². The van der Waals surface area contributed by atoms with E-state index in [1.165, 1.54) is 18.4 Å². The van der Waals surface area contributed by atoms with Gasteiger partial charge in [0, 0.05) is 11.4 Å². The normalized spacial score (nSPS) is 14.5. The highest BCUT2D eigenvalue weighted by atomic mass is 79.9. The first-order valence-corrected chi connectivity index (χ1v) is 11.2. The van der Waals surface area contributed by atoms with E-state index in [0.717, 1.165) is 52.3 Å². The molecule has 0 N–H and O–H groups in total. The molecule has 1 aromatic heterocycles. The number of thioether (sulfide) groups is 1. The number of nitrogens with zero attached hydrogens (tertiary/aromatic N) is 4. The molecule has 4 rings (SSSR count). The Balaban J connectivity index is 1.57. The summed E-state index contributed by atoms with van der Waals surface area (Å²) < 4.78 is 8.48. The van der Waals surface area contributed by atoms with Crippen molar-refractivity contribution in [1.82, 2.24) is 19.7 Å². The first-order valence-electron chi connectivity index (χ1n) is 9.42. The van der Waals surface area contributed by atoms with Gasteiger partial charge >= 0.3 is 0 Å². The van der Waals surface area contributed by atoms with Crippen molar-refractivity contribution in [2.24, 2.45) is 0 Å². The Hall–Kier alpha value is -1.83. The molecule has 5 nitrogen and oxygen atoms in total. The maximum absolute atomic E-state index is 5.32. The van der Waals surface area contributed by atoms with Crippen LogP contribution in [0.5, 0.6) is 5.75 Å². The van der Waals surface area contributed by atoms with Crippen LogP contribution in [-0.4, -0.2) is 39.9 Å². The van der Waals surface area contributed by atoms with Crippen molar-refractivity contribution in [3.05, 3.63) is 64.4 Å². The fraction of sp³-hybridized carbons (Fsp3) is 0.333. The molecule has 0 aliphatic carbocycles. The molecule has 146 valence electrons. The predicted molar refractivity (Wildman–Crippen MR) is 116 cm³/mol. The Morgan fingerprint density at radius 3 is 2.57 bits per heavy atom. The van der Waals surface area contributed by atoms with Crippen molar-refractivity contribution >= 4 is 27.7 Å². The monoisotopic (exact) mass is 458 g/mol. The topological polar surface area (TPSA) is 43.2 Å². The van der Waals surface area contributed by atoms with E-state index in [9.17, 15) is 0 Å². The lowest BCUT2D eigenvalue weighted by atomic mass is 10.2. The second-order valence-corrected chi connectivity index (χ2v) is 8.61. The minimum Gasteiger partial charge on any atom is -0.496 e. The van der Waals surface area contributed by atoms with Gasteiger partial charge in [-0.05, 0) is 71.7 Å². The molecule has 1 aliphatic heterocycles. The highest BCUT2D eigenvalue weighted by Crippen LogP contribution is 2.30. The minimum absolute atomic E-state index is 0.817. The average molecular weight is 459 g/mol. The second kappa shape index (κ2) is 9.11. The van der Waals surface area contributed by atoms with Crippen molar-refractivity contribution in [3.8, 4) is 11.4 Å². The summed E-state index contributed by atoms with van der Waals surface area (Å²) in [6.45, 7) is 3.13. The van der Waals surface area contributed by atoms with Crippen molar-refractivity contribution in [2.75, 3.05) is 20.2 Å². The van der Waals surface area contributed by atoms with Crippen LogP contribution in [0, 0.1) is 0 Å². The number of hydrogen-bond acceptors (Lipinski definition) is 5. The summed E-state index contributed by atoms with van der Waals surface area (Å²) in [5.74, 6) is 2.66. The van der Waals surface area contributed by atoms with Gasteiger partial charge in [-0.1, -0.05) is 36.0 Å². The van der Waals surface area contributed by atoms with Crippen molar-refractivity contribution < 1.29 is 4.74 Å². The summed E-state index contributed by atoms with van der Waals surface area (Å²) in [5.41, 5.74) is 2.32. The number of halogens is 1. The van der Waals surface area contributed by atoms with E-state index in [-0.39, 0.29) is 0 Å². The third-order valence-corrected chi connectivity index (χ3v) is 6.48. The molecule has 2 heterocycles. The molecule has 0 atom stereocenters. The Morgan fingerprint density at radius 2 is 1.86 bits per heavy atom. The Morgan fingerprint density at radius 1 is 1.07 bits per heavy atom. The largest absolute Gasteiger partial charge is 0.496 e. The van der Waals surface area contributed by atoms with Gasteiger partial charge in [0.1, 0.15) is 5.75 Å². The number of likely N-dealkylation sites (tertiary alicyclic amines) is 1. The zero-order chi connectivity index (χ0) is 19.3. The molecule has 0 spiro atoms. The number of hydrogen-bond donors (Lipinski definition) is 0. The van der Waals surface area contributed by atoms with Crippen LogP contribution in [0.4, 0.5) is 0 Å². The number of rotatable bonds is 7. The van der Waals surface area contributed by atoms with Crippen LogP contribution < -0.4 is 4.74 Å². The molecule has 1 saturated heterocycles. The molecule has 7 heteroatoms. The molecule has 3 aromatic rings. The SMILES string of the molecule is COc1ccc(CSc2nnc(CN3CCCC3)n2-c2ccccc2)cc1Br. The lowest BCUT2D eigenvalue weighted by molar-refractivity contribution is 0.319. The van der Waals surface area contributed by atoms with E-state index in [4.69, 9.17) is 4.74 Å². The van der Waals surface area contributed by atoms with Crippen LogP contribution in [0.3, 0.4) is 0 Å². The molecule has 0 radical (unpaired) electrons. The summed E-state index contributed by atoms with van der Waals surface area (Å²) in [7, 11) is 1.68. The molecule has 0 bridgehead atoms. The zero-order valence-corrected chi connectivity index (χ0v) is 18.2. The minimum atomic E-state index is 0.817. The molecule has 0 unspecified atom stereocenters. The first-order chi connectivity index (χ1) is 13.7. The van der Waals surface area contributed by atoms with Gasteiger partial charge in [-0.3, -0.25) is 9.47 Å². The van der Waals surface area contributed by atoms with Crippen LogP contribution in [-0.2, 0) is 12.3 Å². The molecular weight excluding hydrogens is 436 g/mol. The molecule has 28 heavy (non-hydrogen) atoms. The molecule has 0 saturated carbocycles. The van der Waals surface area contributed by atoms with Gasteiger partial charge in [0.15, 0.2) is 11.0 Å². The van der Waals surface area contributed by atoms with E-state index in [1.54, 1.807) is 18.9 Å². The number of methoxy groups -OCH3 is 1. The fourth-order valence-electron chi connectivity index (χ4n) is 3.42. The predicted octanol–water partition coefficient (Wildman–Crippen LogP) is 4.93. The van der Waals surface area contributed by atoms with Crippen LogP contribution >= 0.6 is 27.7 Å². The summed E-state index contributed by atoms with van der Waals surface area (Å²) in [5, 5.41) is 9.98. The quantitative estimate of drug-likeness (QED) is 0.469. The fourth-order valence-corrected chi connectivity index (χ4v) is 4.92. The number of para-hydroxylation sites is 1. The Kier molecular flexibility index (Phi) is 6.34. The second-order valence-electron chi connectivity index (χ2n) is 6.81. The van der Waals surface area contributed by atoms with E-state index >= 15 is 0 Å². The molecule has 2 aromatic carbocycles. The van der Waals surface area contributed by atoms with Crippen molar-refractivity contribution in [3.63, 3.8) is 0 Å². The van der Waals surface area contributed by atoms with Gasteiger partial charge < -0.3 is 4.74 Å². The number of aromatic nitrogens is 3. The van der Waals surface area contributed by atoms with Crippen LogP contribution in [0.25, 0.3) is 5.69 Å². The lowest BCUT2D eigenvalue weighted by Crippen LogP contribution is -2.21. The van der Waals surface area contributed by atoms with Crippen LogP contribution in [0.2, 0.25) is 0 Å². The van der Waals surface area contributed by atoms with E-state index in [2.05, 4.69) is 72.0 Å². The van der Waals surface area contributed by atoms with Crippen molar-refractivity contribution in [2.45, 2.75) is 30.3 Å². The smallest absolute Gasteiger partial charge is 0.196 e. The van der Waals surface area contributed by atoms with Gasteiger partial charge in [0.05, 0.1) is 18.1 Å².